The molecule has 51 heavy (non-hydrogen) atoms. The molecule has 4 atom stereocenters. The van der Waals surface area contributed by atoms with Crippen LogP contribution >= 0.6 is 11.8 Å². The van der Waals surface area contributed by atoms with Crippen LogP contribution in [0.25, 0.3) is 0 Å². The summed E-state index contributed by atoms with van der Waals surface area (Å²) in [6.45, 7) is 11.9. The summed E-state index contributed by atoms with van der Waals surface area (Å²) in [7, 11) is 0. The summed E-state index contributed by atoms with van der Waals surface area (Å²) in [5.41, 5.74) is 6.32. The lowest BCUT2D eigenvalue weighted by atomic mass is 10.0. The Bertz CT molecular complexity index is 1310. The first-order valence-corrected chi connectivity index (χ1v) is 18.6. The maximum absolute atomic E-state index is 13.4. The summed E-state index contributed by atoms with van der Waals surface area (Å²) in [6, 6.07) is 4.04. The van der Waals surface area contributed by atoms with Crippen LogP contribution in [0.1, 0.15) is 92.1 Å². The fourth-order valence-corrected chi connectivity index (χ4v) is 6.56. The average Bonchev–Trinajstić information content (AvgIpc) is 3.30. The number of urea groups is 1. The number of aliphatic hydroxyl groups excluding tert-OH is 1. The molecule has 0 aromatic heterocycles. The smallest absolute Gasteiger partial charge is 0.407 e. The number of carbonyl (C=O) groups excluding carboxylic acids is 6. The van der Waals surface area contributed by atoms with Crippen LogP contribution in [-0.4, -0.2) is 93.7 Å². The van der Waals surface area contributed by atoms with Gasteiger partial charge in [0.1, 0.15) is 24.9 Å². The molecule has 0 aliphatic carbocycles. The average molecular weight is 736 g/mol. The molecule has 0 saturated carbocycles. The van der Waals surface area contributed by atoms with E-state index in [1.807, 2.05) is 27.7 Å². The predicted molar refractivity (Wildman–Crippen MR) is 196 cm³/mol. The Morgan fingerprint density at radius 3 is 2.24 bits per heavy atom. The number of unbranched alkanes of at least 4 members (excludes halogenated alkanes) is 2. The topological polar surface area (TPSA) is 221 Å². The van der Waals surface area contributed by atoms with E-state index >= 15 is 0 Å². The molecule has 16 heteroatoms. The van der Waals surface area contributed by atoms with Crippen molar-refractivity contribution < 1.29 is 38.6 Å². The molecule has 8 N–H and O–H groups in total. The van der Waals surface area contributed by atoms with Crippen molar-refractivity contribution in [3.05, 3.63) is 29.8 Å². The van der Waals surface area contributed by atoms with Gasteiger partial charge < -0.3 is 47.1 Å². The monoisotopic (exact) mass is 735 g/mol. The third-order valence-corrected chi connectivity index (χ3v) is 9.21. The molecule has 0 bridgehead atoms. The molecule has 1 aliphatic rings. The third kappa shape index (κ3) is 16.2. The number of hydrogen-bond acceptors (Lipinski definition) is 9. The van der Waals surface area contributed by atoms with Crippen LogP contribution in [0.2, 0.25) is 0 Å². The summed E-state index contributed by atoms with van der Waals surface area (Å²) < 4.78 is 5.18. The van der Waals surface area contributed by atoms with Gasteiger partial charge in [0.25, 0.3) is 0 Å². The van der Waals surface area contributed by atoms with Gasteiger partial charge in [0.2, 0.25) is 23.6 Å². The summed E-state index contributed by atoms with van der Waals surface area (Å²) in [5.74, 6) is -1.66. The molecule has 1 fully saturated rings. The second-order valence-corrected chi connectivity index (χ2v) is 15.4. The van der Waals surface area contributed by atoms with E-state index in [9.17, 15) is 33.9 Å². The van der Waals surface area contributed by atoms with E-state index < -0.39 is 42.3 Å². The summed E-state index contributed by atoms with van der Waals surface area (Å²) in [5, 5.41) is 23.8. The lowest BCUT2D eigenvalue weighted by Crippen LogP contribution is -2.54. The molecule has 1 heterocycles. The lowest BCUT2D eigenvalue weighted by molar-refractivity contribution is -0.133. The molecule has 1 aliphatic heterocycles. The van der Waals surface area contributed by atoms with Gasteiger partial charge in [-0.1, -0.05) is 46.2 Å². The van der Waals surface area contributed by atoms with Crippen LogP contribution in [0.3, 0.4) is 0 Å². The molecule has 1 aromatic rings. The maximum atomic E-state index is 13.4. The number of benzene rings is 1. The Morgan fingerprint density at radius 1 is 0.941 bits per heavy atom. The van der Waals surface area contributed by atoms with Gasteiger partial charge >= 0.3 is 12.1 Å². The minimum absolute atomic E-state index is 0.0443. The minimum atomic E-state index is -0.991. The number of nitrogens with zero attached hydrogens (tertiary/aromatic N) is 1. The first-order chi connectivity index (χ1) is 24.1. The molecule has 0 spiro atoms. The number of primary amides is 1. The van der Waals surface area contributed by atoms with E-state index in [4.69, 9.17) is 10.5 Å². The van der Waals surface area contributed by atoms with Crippen molar-refractivity contribution in [2.75, 3.05) is 18.4 Å². The molecule has 2 rings (SSSR count). The quantitative estimate of drug-likeness (QED) is 0.0922. The molecule has 2 unspecified atom stereocenters. The van der Waals surface area contributed by atoms with E-state index in [1.165, 1.54) is 4.90 Å². The Kier molecular flexibility index (Phi) is 18.6. The molecule has 1 saturated heterocycles. The SMILES string of the molecule is CC(C)NC(=O)OCc1ccc(NC(=O)[C@H](CCCNC(N)=O)NC(=O)[C@@H](NC(=O)CCCCCN2C(=O)C(SC(C)C)CC2O)C(C)C)cc1. The molecular weight excluding hydrogens is 678 g/mol. The van der Waals surface area contributed by atoms with Crippen LogP contribution < -0.4 is 32.3 Å². The molecular formula is C35H57N7O8S. The highest BCUT2D eigenvalue weighted by molar-refractivity contribution is 8.01. The standard InChI is InChI=1S/C35H57N7O8S/c1-21(2)30(41-28(43)12-8-7-9-18-42-29(44)19-27(33(42)47)51-23(5)6)32(46)40-26(11-10-17-37-34(36)48)31(45)39-25-15-13-24(14-16-25)20-50-35(49)38-22(3)4/h13-16,21-23,26-27,29-30,44H,7-12,17-20H2,1-6H3,(H,38,49)(H,39,45)(H,40,46)(H,41,43)(H3,36,37,48)/t26-,27?,29?,30-/m0/s1. The number of carbonyl (C=O) groups is 6. The third-order valence-electron chi connectivity index (χ3n) is 7.95. The zero-order valence-corrected chi connectivity index (χ0v) is 31.5. The van der Waals surface area contributed by atoms with Crippen molar-refractivity contribution in [3.63, 3.8) is 0 Å². The van der Waals surface area contributed by atoms with Gasteiger partial charge in [0.05, 0.1) is 5.25 Å². The van der Waals surface area contributed by atoms with Crippen molar-refractivity contribution in [1.29, 1.82) is 0 Å². The summed E-state index contributed by atoms with van der Waals surface area (Å²) >= 11 is 1.56. The Balaban J connectivity index is 1.92. The number of anilines is 1. The number of aliphatic hydroxyl groups is 1. The van der Waals surface area contributed by atoms with Crippen LogP contribution in [0, 0.1) is 5.92 Å². The van der Waals surface area contributed by atoms with E-state index in [1.54, 1.807) is 49.9 Å². The number of ether oxygens (including phenoxy) is 1. The van der Waals surface area contributed by atoms with Crippen LogP contribution in [0.5, 0.6) is 0 Å². The predicted octanol–water partition coefficient (Wildman–Crippen LogP) is 2.96. The highest BCUT2D eigenvalue weighted by Gasteiger charge is 2.38. The van der Waals surface area contributed by atoms with Gasteiger partial charge in [-0.2, -0.15) is 0 Å². The summed E-state index contributed by atoms with van der Waals surface area (Å²) in [4.78, 5) is 76.7. The van der Waals surface area contributed by atoms with E-state index in [-0.39, 0.29) is 60.3 Å². The number of rotatable bonds is 21. The minimum Gasteiger partial charge on any atom is -0.445 e. The van der Waals surface area contributed by atoms with E-state index in [0.29, 0.717) is 49.9 Å². The van der Waals surface area contributed by atoms with E-state index in [0.717, 1.165) is 0 Å². The molecule has 15 nitrogen and oxygen atoms in total. The number of amides is 7. The fraction of sp³-hybridized carbons (Fsp3) is 0.657. The Hall–Kier alpha value is -4.05. The first kappa shape index (κ1) is 43.1. The highest BCUT2D eigenvalue weighted by Crippen LogP contribution is 2.30. The maximum Gasteiger partial charge on any atom is 0.407 e. The number of hydrogen-bond donors (Lipinski definition) is 7. The highest BCUT2D eigenvalue weighted by atomic mass is 32.2. The number of alkyl carbamates (subject to hydrolysis) is 1. The number of likely N-dealkylation sites (tertiary alicyclic amines) is 1. The van der Waals surface area contributed by atoms with Crippen LogP contribution in [-0.2, 0) is 30.5 Å². The molecule has 1 aromatic carbocycles. The van der Waals surface area contributed by atoms with Gasteiger partial charge in [0, 0.05) is 37.7 Å². The van der Waals surface area contributed by atoms with Gasteiger partial charge in [-0.3, -0.25) is 19.2 Å². The van der Waals surface area contributed by atoms with Crippen LogP contribution in [0.4, 0.5) is 15.3 Å². The van der Waals surface area contributed by atoms with Crippen molar-refractivity contribution in [2.24, 2.45) is 11.7 Å². The zero-order valence-electron chi connectivity index (χ0n) is 30.7. The molecule has 7 amide bonds. The zero-order chi connectivity index (χ0) is 38.1. The Morgan fingerprint density at radius 2 is 1.63 bits per heavy atom. The van der Waals surface area contributed by atoms with E-state index in [2.05, 4.69) is 26.6 Å². The van der Waals surface area contributed by atoms with Gasteiger partial charge in [-0.25, -0.2) is 9.59 Å². The van der Waals surface area contributed by atoms with Crippen LogP contribution in [0.15, 0.2) is 24.3 Å². The number of nitrogens with one attached hydrogen (secondary N) is 5. The first-order valence-electron chi connectivity index (χ1n) is 17.7. The van der Waals surface area contributed by atoms with Crippen molar-refractivity contribution >= 4 is 53.2 Å². The van der Waals surface area contributed by atoms with Gasteiger partial charge in [0.15, 0.2) is 0 Å². The number of nitrogens with two attached hydrogens (primary N) is 1. The van der Waals surface area contributed by atoms with Gasteiger partial charge in [-0.15, -0.1) is 11.8 Å². The normalized spacial score (nSPS) is 16.9. The van der Waals surface area contributed by atoms with Crippen molar-refractivity contribution in [1.82, 2.24) is 26.2 Å². The fourth-order valence-electron chi connectivity index (χ4n) is 5.37. The molecule has 0 radical (unpaired) electrons. The largest absolute Gasteiger partial charge is 0.445 e. The van der Waals surface area contributed by atoms with Crippen molar-refractivity contribution in [2.45, 2.75) is 128 Å². The summed E-state index contributed by atoms with van der Waals surface area (Å²) in [6.07, 6.45) is 1.61. The lowest BCUT2D eigenvalue weighted by Gasteiger charge is -2.25. The second-order valence-electron chi connectivity index (χ2n) is 13.6. The van der Waals surface area contributed by atoms with Crippen molar-refractivity contribution in [3.8, 4) is 0 Å². The molecule has 286 valence electrons. The second kappa shape index (κ2) is 22.0. The number of thioether (sulfide) groups is 1. The Labute approximate surface area is 305 Å². The van der Waals surface area contributed by atoms with Gasteiger partial charge in [-0.05, 0) is 68.4 Å².